The maximum atomic E-state index is 4.40. The topological polar surface area (TPSA) is 33.1 Å². The Bertz CT molecular complexity index is 334. The van der Waals surface area contributed by atoms with E-state index >= 15 is 0 Å². The maximum Gasteiger partial charge on any atom is 0.122 e. The van der Waals surface area contributed by atoms with Gasteiger partial charge in [0.25, 0.3) is 0 Å². The molecule has 0 aromatic carbocycles. The molecule has 0 saturated carbocycles. The molecule has 1 aromatic rings. The lowest BCUT2D eigenvalue weighted by Crippen LogP contribution is -2.44. The predicted molar refractivity (Wildman–Crippen MR) is 69.9 cm³/mol. The van der Waals surface area contributed by atoms with Crippen LogP contribution >= 0.6 is 0 Å². The molecular weight excluding hydrogens is 212 g/mol. The number of aromatic nitrogens is 2. The van der Waals surface area contributed by atoms with Gasteiger partial charge in [0.15, 0.2) is 0 Å². The molecule has 0 radical (unpaired) electrons. The molecule has 0 bridgehead atoms. The van der Waals surface area contributed by atoms with Crippen LogP contribution in [0.5, 0.6) is 0 Å². The molecule has 1 aromatic heterocycles. The minimum atomic E-state index is 0.595. The summed E-state index contributed by atoms with van der Waals surface area (Å²) < 4.78 is 2.26. The molecule has 4 nitrogen and oxygen atoms in total. The number of fused-ring (bicyclic) bond motifs is 1. The second-order valence-electron chi connectivity index (χ2n) is 4.91. The summed E-state index contributed by atoms with van der Waals surface area (Å²) in [6.45, 7) is 9.97. The highest BCUT2D eigenvalue weighted by Crippen LogP contribution is 2.12. The molecule has 4 heteroatoms. The molecule has 2 rings (SSSR count). The fourth-order valence-corrected chi connectivity index (χ4v) is 2.31. The number of hydrogen-bond acceptors (Lipinski definition) is 3. The molecule has 1 aliphatic heterocycles. The zero-order valence-corrected chi connectivity index (χ0v) is 11.0. The molecule has 0 amide bonds. The predicted octanol–water partition coefficient (Wildman–Crippen LogP) is 1.48. The summed E-state index contributed by atoms with van der Waals surface area (Å²) in [6.07, 6.45) is 6.53. The van der Waals surface area contributed by atoms with Crippen molar-refractivity contribution in [3.63, 3.8) is 0 Å². The van der Waals surface area contributed by atoms with E-state index in [9.17, 15) is 0 Å². The van der Waals surface area contributed by atoms with E-state index in [1.54, 1.807) is 0 Å². The summed E-state index contributed by atoms with van der Waals surface area (Å²) in [5, 5.41) is 3.53. The Morgan fingerprint density at radius 1 is 1.47 bits per heavy atom. The van der Waals surface area contributed by atoms with Crippen molar-refractivity contribution in [2.45, 2.75) is 45.8 Å². The summed E-state index contributed by atoms with van der Waals surface area (Å²) in [7, 11) is 0. The van der Waals surface area contributed by atoms with Crippen LogP contribution in [-0.2, 0) is 13.1 Å². The summed E-state index contributed by atoms with van der Waals surface area (Å²) >= 11 is 0. The fraction of sp³-hybridized carbons (Fsp3) is 0.769. The molecule has 1 N–H and O–H groups in total. The van der Waals surface area contributed by atoms with Crippen molar-refractivity contribution in [1.82, 2.24) is 19.8 Å². The van der Waals surface area contributed by atoms with Crippen LogP contribution in [0.3, 0.4) is 0 Å². The van der Waals surface area contributed by atoms with Crippen molar-refractivity contribution in [1.29, 1.82) is 0 Å². The molecule has 0 aliphatic carbocycles. The van der Waals surface area contributed by atoms with Gasteiger partial charge in [0.2, 0.25) is 0 Å². The second kappa shape index (κ2) is 6.17. The average molecular weight is 236 g/mol. The summed E-state index contributed by atoms with van der Waals surface area (Å²) in [5.41, 5.74) is 0. The third-order valence-electron chi connectivity index (χ3n) is 3.54. The van der Waals surface area contributed by atoms with Crippen LogP contribution in [0.2, 0.25) is 0 Å². The van der Waals surface area contributed by atoms with Gasteiger partial charge in [-0.3, -0.25) is 4.90 Å². The Hall–Kier alpha value is -0.870. The third-order valence-corrected chi connectivity index (χ3v) is 3.54. The largest absolute Gasteiger partial charge is 0.333 e. The Morgan fingerprint density at radius 2 is 2.35 bits per heavy atom. The molecule has 17 heavy (non-hydrogen) atoms. The molecule has 0 spiro atoms. The van der Waals surface area contributed by atoms with Crippen molar-refractivity contribution in [2.75, 3.05) is 19.6 Å². The Morgan fingerprint density at radius 3 is 3.18 bits per heavy atom. The maximum absolute atomic E-state index is 4.40. The van der Waals surface area contributed by atoms with E-state index in [0.717, 1.165) is 32.7 Å². The zero-order chi connectivity index (χ0) is 12.1. The van der Waals surface area contributed by atoms with Crippen molar-refractivity contribution >= 4 is 0 Å². The quantitative estimate of drug-likeness (QED) is 0.759. The Labute approximate surface area is 104 Å². The van der Waals surface area contributed by atoms with Crippen LogP contribution in [0, 0.1) is 0 Å². The summed E-state index contributed by atoms with van der Waals surface area (Å²) in [5.74, 6) is 1.21. The normalized spacial score (nSPS) is 18.0. The van der Waals surface area contributed by atoms with Gasteiger partial charge in [-0.15, -0.1) is 0 Å². The Balaban J connectivity index is 1.76. The van der Waals surface area contributed by atoms with Gasteiger partial charge in [-0.25, -0.2) is 4.98 Å². The third kappa shape index (κ3) is 3.30. The first kappa shape index (κ1) is 12.6. The highest BCUT2D eigenvalue weighted by molar-refractivity contribution is 4.96. The zero-order valence-electron chi connectivity index (χ0n) is 11.0. The van der Waals surface area contributed by atoms with E-state index < -0.39 is 0 Å². The fourth-order valence-electron chi connectivity index (χ4n) is 2.31. The number of nitrogens with zero attached hydrogens (tertiary/aromatic N) is 3. The van der Waals surface area contributed by atoms with E-state index in [1.807, 2.05) is 6.20 Å². The number of rotatable bonds is 6. The molecule has 0 fully saturated rings. The van der Waals surface area contributed by atoms with Crippen LogP contribution in [0.25, 0.3) is 0 Å². The molecular formula is C13H24N4. The molecule has 1 unspecified atom stereocenters. The molecule has 1 aliphatic rings. The van der Waals surface area contributed by atoms with Gasteiger partial charge in [0.1, 0.15) is 5.82 Å². The van der Waals surface area contributed by atoms with Crippen molar-refractivity contribution in [3.05, 3.63) is 18.2 Å². The van der Waals surface area contributed by atoms with E-state index in [2.05, 4.69) is 39.8 Å². The van der Waals surface area contributed by atoms with Gasteiger partial charge in [0, 0.05) is 38.1 Å². The lowest BCUT2D eigenvalue weighted by Gasteiger charge is -2.32. The van der Waals surface area contributed by atoms with Crippen LogP contribution in [0.4, 0.5) is 0 Å². The van der Waals surface area contributed by atoms with Crippen molar-refractivity contribution in [2.24, 2.45) is 0 Å². The summed E-state index contributed by atoms with van der Waals surface area (Å²) in [6, 6.07) is 0.595. The highest BCUT2D eigenvalue weighted by Gasteiger charge is 2.20. The van der Waals surface area contributed by atoms with Gasteiger partial charge in [-0.05, 0) is 19.9 Å². The minimum absolute atomic E-state index is 0.595. The summed E-state index contributed by atoms with van der Waals surface area (Å²) in [4.78, 5) is 6.92. The standard InChI is InChI=1S/C13H24N4/c1-3-4-5-14-10-12(2)17-9-8-16-7-6-15-13(16)11-17/h6-7,12,14H,3-5,8-11H2,1-2H3. The number of unbranched alkanes of at least 4 members (excludes halogenated alkanes) is 1. The van der Waals surface area contributed by atoms with E-state index in [-0.39, 0.29) is 0 Å². The van der Waals surface area contributed by atoms with Crippen LogP contribution < -0.4 is 5.32 Å². The van der Waals surface area contributed by atoms with Crippen molar-refractivity contribution < 1.29 is 0 Å². The first-order valence-corrected chi connectivity index (χ1v) is 6.76. The highest BCUT2D eigenvalue weighted by atomic mass is 15.3. The van der Waals surface area contributed by atoms with Crippen LogP contribution in [0.15, 0.2) is 12.4 Å². The van der Waals surface area contributed by atoms with E-state index in [4.69, 9.17) is 0 Å². The minimum Gasteiger partial charge on any atom is -0.333 e. The number of hydrogen-bond donors (Lipinski definition) is 1. The lowest BCUT2D eigenvalue weighted by molar-refractivity contribution is 0.160. The molecule has 96 valence electrons. The van der Waals surface area contributed by atoms with E-state index in [1.165, 1.54) is 18.7 Å². The number of imidazole rings is 1. The van der Waals surface area contributed by atoms with Gasteiger partial charge < -0.3 is 9.88 Å². The van der Waals surface area contributed by atoms with Gasteiger partial charge in [-0.2, -0.15) is 0 Å². The first-order valence-electron chi connectivity index (χ1n) is 6.76. The average Bonchev–Trinajstić information content (AvgIpc) is 2.81. The second-order valence-corrected chi connectivity index (χ2v) is 4.91. The lowest BCUT2D eigenvalue weighted by atomic mass is 10.2. The van der Waals surface area contributed by atoms with E-state index in [0.29, 0.717) is 6.04 Å². The van der Waals surface area contributed by atoms with Gasteiger partial charge >= 0.3 is 0 Å². The monoisotopic (exact) mass is 236 g/mol. The smallest absolute Gasteiger partial charge is 0.122 e. The van der Waals surface area contributed by atoms with Crippen LogP contribution in [0.1, 0.15) is 32.5 Å². The Kier molecular flexibility index (Phi) is 4.57. The number of nitrogens with one attached hydrogen (secondary N) is 1. The molecule has 2 heterocycles. The van der Waals surface area contributed by atoms with Gasteiger partial charge in [-0.1, -0.05) is 13.3 Å². The van der Waals surface area contributed by atoms with Crippen LogP contribution in [-0.4, -0.2) is 40.1 Å². The molecule has 0 saturated heterocycles. The van der Waals surface area contributed by atoms with Gasteiger partial charge in [0.05, 0.1) is 6.54 Å². The molecule has 1 atom stereocenters. The van der Waals surface area contributed by atoms with Crippen molar-refractivity contribution in [3.8, 4) is 0 Å². The SMILES string of the molecule is CCCCNCC(C)N1CCn2ccnc2C1. The first-order chi connectivity index (χ1) is 8.31.